The lowest BCUT2D eigenvalue weighted by molar-refractivity contribution is 0.132. The summed E-state index contributed by atoms with van der Waals surface area (Å²) in [4.78, 5) is 5.22. The summed E-state index contributed by atoms with van der Waals surface area (Å²) in [5.74, 6) is 0. The maximum absolute atomic E-state index is 8.79. The normalized spacial score (nSPS) is 10.3. The number of nitriles is 1. The molecule has 0 amide bonds. The van der Waals surface area contributed by atoms with E-state index < -0.39 is 0 Å². The van der Waals surface area contributed by atoms with Gasteiger partial charge in [-0.25, -0.2) is 0 Å². The van der Waals surface area contributed by atoms with Crippen molar-refractivity contribution in [1.29, 1.82) is 5.26 Å². The van der Waals surface area contributed by atoms with Crippen LogP contribution in [0.2, 0.25) is 0 Å². The predicted octanol–water partition coefficient (Wildman–Crippen LogP) is 3.42. The van der Waals surface area contributed by atoms with E-state index in [2.05, 4.69) is 11.2 Å². The zero-order chi connectivity index (χ0) is 13.5. The fraction of sp³-hybridized carbons (Fsp3) is 0.125. The van der Waals surface area contributed by atoms with Crippen molar-refractivity contribution >= 4 is 6.21 Å². The van der Waals surface area contributed by atoms with E-state index in [9.17, 15) is 0 Å². The summed E-state index contributed by atoms with van der Waals surface area (Å²) in [6.45, 7) is 2.39. The van der Waals surface area contributed by atoms with Gasteiger partial charge >= 0.3 is 0 Å². The fourth-order valence-corrected chi connectivity index (χ4v) is 1.69. The van der Waals surface area contributed by atoms with Crippen molar-refractivity contribution in [1.82, 2.24) is 0 Å². The van der Waals surface area contributed by atoms with E-state index in [1.807, 2.05) is 43.3 Å². The van der Waals surface area contributed by atoms with Gasteiger partial charge in [0.05, 0.1) is 17.8 Å². The van der Waals surface area contributed by atoms with Crippen LogP contribution in [0.25, 0.3) is 0 Å². The largest absolute Gasteiger partial charge is 0.391 e. The van der Waals surface area contributed by atoms with Gasteiger partial charge in [-0.15, -0.1) is 0 Å². The van der Waals surface area contributed by atoms with Crippen molar-refractivity contribution in [2.45, 2.75) is 13.5 Å². The Hall–Kier alpha value is -2.60. The second-order valence-corrected chi connectivity index (χ2v) is 4.23. The van der Waals surface area contributed by atoms with E-state index in [0.29, 0.717) is 12.2 Å². The first-order chi connectivity index (χ1) is 9.28. The van der Waals surface area contributed by atoms with Crippen LogP contribution >= 0.6 is 0 Å². The molecule has 0 fully saturated rings. The second kappa shape index (κ2) is 6.36. The average molecular weight is 250 g/mol. The van der Waals surface area contributed by atoms with Gasteiger partial charge in [-0.05, 0) is 30.2 Å². The Balaban J connectivity index is 1.91. The van der Waals surface area contributed by atoms with E-state index in [4.69, 9.17) is 10.1 Å². The van der Waals surface area contributed by atoms with E-state index >= 15 is 0 Å². The third-order valence-corrected chi connectivity index (χ3v) is 2.61. The Morgan fingerprint density at radius 1 is 1.21 bits per heavy atom. The highest BCUT2D eigenvalue weighted by molar-refractivity contribution is 5.79. The molecule has 0 spiro atoms. The first-order valence-electron chi connectivity index (χ1n) is 5.99. The maximum Gasteiger partial charge on any atom is 0.142 e. The minimum Gasteiger partial charge on any atom is -0.391 e. The van der Waals surface area contributed by atoms with Gasteiger partial charge < -0.3 is 4.84 Å². The smallest absolute Gasteiger partial charge is 0.142 e. The molecule has 2 aromatic rings. The molecule has 0 aromatic heterocycles. The van der Waals surface area contributed by atoms with Gasteiger partial charge in [0.2, 0.25) is 0 Å². The Morgan fingerprint density at radius 3 is 2.84 bits per heavy atom. The highest BCUT2D eigenvalue weighted by Crippen LogP contribution is 2.06. The van der Waals surface area contributed by atoms with Gasteiger partial charge in [-0.3, -0.25) is 0 Å². The molecule has 94 valence electrons. The van der Waals surface area contributed by atoms with E-state index in [0.717, 1.165) is 11.1 Å². The lowest BCUT2D eigenvalue weighted by atomic mass is 10.1. The number of rotatable bonds is 4. The Morgan fingerprint density at radius 2 is 2.05 bits per heavy atom. The summed E-state index contributed by atoms with van der Waals surface area (Å²) in [7, 11) is 0. The van der Waals surface area contributed by atoms with Gasteiger partial charge in [0.25, 0.3) is 0 Å². The van der Waals surface area contributed by atoms with Crippen LogP contribution in [0, 0.1) is 18.3 Å². The molecule has 0 bridgehead atoms. The zero-order valence-electron chi connectivity index (χ0n) is 10.7. The quantitative estimate of drug-likeness (QED) is 0.616. The van der Waals surface area contributed by atoms with Crippen LogP contribution in [0.4, 0.5) is 0 Å². The SMILES string of the molecule is Cc1cccc(C=NOCc2cccc(C#N)c2)c1. The van der Waals surface area contributed by atoms with Crippen molar-refractivity contribution in [2.24, 2.45) is 5.16 Å². The first-order valence-corrected chi connectivity index (χ1v) is 5.99. The standard InChI is InChI=1S/C16H14N2O/c1-13-4-2-6-15(8-13)11-18-19-12-16-7-3-5-14(9-16)10-17/h2-9,11H,12H2,1H3. The third-order valence-electron chi connectivity index (χ3n) is 2.61. The van der Waals surface area contributed by atoms with Crippen molar-refractivity contribution < 1.29 is 4.84 Å². The lowest BCUT2D eigenvalue weighted by Gasteiger charge is -2.00. The summed E-state index contributed by atoms with van der Waals surface area (Å²) >= 11 is 0. The summed E-state index contributed by atoms with van der Waals surface area (Å²) < 4.78 is 0. The van der Waals surface area contributed by atoms with Gasteiger partial charge in [-0.2, -0.15) is 5.26 Å². The van der Waals surface area contributed by atoms with Crippen LogP contribution in [0.15, 0.2) is 53.7 Å². The van der Waals surface area contributed by atoms with Gasteiger partial charge in [-0.1, -0.05) is 47.1 Å². The van der Waals surface area contributed by atoms with Gasteiger partial charge in [0, 0.05) is 0 Å². The highest BCUT2D eigenvalue weighted by atomic mass is 16.6. The van der Waals surface area contributed by atoms with Crippen LogP contribution in [0.3, 0.4) is 0 Å². The molecule has 0 radical (unpaired) electrons. The molecule has 0 unspecified atom stereocenters. The molecule has 0 saturated carbocycles. The number of oxime groups is 1. The van der Waals surface area contributed by atoms with Crippen molar-refractivity contribution in [3.8, 4) is 6.07 Å². The molecule has 0 aliphatic rings. The number of aryl methyl sites for hydroxylation is 1. The Kier molecular flexibility index (Phi) is 4.30. The van der Waals surface area contributed by atoms with E-state index in [1.54, 1.807) is 18.3 Å². The van der Waals surface area contributed by atoms with Crippen molar-refractivity contribution in [3.63, 3.8) is 0 Å². The highest BCUT2D eigenvalue weighted by Gasteiger charge is 1.95. The molecular formula is C16H14N2O. The molecule has 0 aliphatic heterocycles. The van der Waals surface area contributed by atoms with E-state index in [1.165, 1.54) is 5.56 Å². The minimum atomic E-state index is 0.359. The molecule has 2 rings (SSSR count). The first kappa shape index (κ1) is 12.8. The van der Waals surface area contributed by atoms with Crippen molar-refractivity contribution in [3.05, 3.63) is 70.8 Å². The lowest BCUT2D eigenvalue weighted by Crippen LogP contribution is -1.89. The summed E-state index contributed by atoms with van der Waals surface area (Å²) in [6.07, 6.45) is 1.68. The molecule has 0 heterocycles. The maximum atomic E-state index is 8.79. The summed E-state index contributed by atoms with van der Waals surface area (Å²) in [5.41, 5.74) is 3.75. The molecule has 0 N–H and O–H groups in total. The Labute approximate surface area is 112 Å². The molecule has 0 saturated heterocycles. The van der Waals surface area contributed by atoms with Crippen LogP contribution in [-0.4, -0.2) is 6.21 Å². The molecule has 3 heteroatoms. The summed E-state index contributed by atoms with van der Waals surface area (Å²) in [6, 6.07) is 17.4. The number of hydrogen-bond donors (Lipinski definition) is 0. The predicted molar refractivity (Wildman–Crippen MR) is 74.7 cm³/mol. The average Bonchev–Trinajstić information content (AvgIpc) is 2.44. The van der Waals surface area contributed by atoms with Crippen molar-refractivity contribution in [2.75, 3.05) is 0 Å². The molecule has 0 atom stereocenters. The number of hydrogen-bond acceptors (Lipinski definition) is 3. The Bertz CT molecular complexity index is 627. The number of nitrogens with zero attached hydrogens (tertiary/aromatic N) is 2. The minimum absolute atomic E-state index is 0.359. The number of benzene rings is 2. The molecule has 3 nitrogen and oxygen atoms in total. The van der Waals surface area contributed by atoms with Gasteiger partial charge in [0.1, 0.15) is 6.61 Å². The fourth-order valence-electron chi connectivity index (χ4n) is 1.69. The van der Waals surface area contributed by atoms with Crippen LogP contribution in [-0.2, 0) is 11.4 Å². The van der Waals surface area contributed by atoms with Crippen LogP contribution in [0.5, 0.6) is 0 Å². The summed E-state index contributed by atoms with van der Waals surface area (Å²) in [5, 5.41) is 12.7. The molecule has 19 heavy (non-hydrogen) atoms. The van der Waals surface area contributed by atoms with E-state index in [-0.39, 0.29) is 0 Å². The molecule has 0 aliphatic carbocycles. The zero-order valence-corrected chi connectivity index (χ0v) is 10.7. The van der Waals surface area contributed by atoms with Crippen LogP contribution < -0.4 is 0 Å². The monoisotopic (exact) mass is 250 g/mol. The molecular weight excluding hydrogens is 236 g/mol. The third kappa shape index (κ3) is 3.97. The molecule has 2 aromatic carbocycles. The second-order valence-electron chi connectivity index (χ2n) is 4.23. The topological polar surface area (TPSA) is 45.4 Å². The van der Waals surface area contributed by atoms with Gasteiger partial charge in [0.15, 0.2) is 0 Å². The van der Waals surface area contributed by atoms with Crippen LogP contribution in [0.1, 0.15) is 22.3 Å².